The largest absolute Gasteiger partial charge is 0.486 e. The number of nitro benzene ring substituents is 1. The van der Waals surface area contributed by atoms with Crippen LogP contribution in [0.3, 0.4) is 0 Å². The van der Waals surface area contributed by atoms with Crippen LogP contribution in [0.5, 0.6) is 17.2 Å². The summed E-state index contributed by atoms with van der Waals surface area (Å²) in [6.45, 7) is 2.75. The summed E-state index contributed by atoms with van der Waals surface area (Å²) >= 11 is 0. The first kappa shape index (κ1) is 17.6. The average Bonchev–Trinajstić information content (AvgIpc) is 2.67. The van der Waals surface area contributed by atoms with Crippen LogP contribution in [0, 0.1) is 10.1 Å². The van der Waals surface area contributed by atoms with E-state index in [9.17, 15) is 10.1 Å². The Balaban J connectivity index is 1.53. The molecule has 2 heterocycles. The monoisotopic (exact) mass is 372 g/mol. The number of nitrogens with zero attached hydrogens (tertiary/aromatic N) is 2. The Labute approximate surface area is 156 Å². The molecule has 2 aromatic carbocycles. The molecular weight excluding hydrogens is 352 g/mol. The average molecular weight is 372 g/mol. The summed E-state index contributed by atoms with van der Waals surface area (Å²) in [6.07, 6.45) is 0. The maximum absolute atomic E-state index is 11.2. The Kier molecular flexibility index (Phi) is 4.83. The molecule has 0 unspecified atom stereocenters. The quantitative estimate of drug-likeness (QED) is 0.589. The molecular formula is C19H20N2O6. The van der Waals surface area contributed by atoms with Crippen molar-refractivity contribution in [2.45, 2.75) is 19.7 Å². The SMILES string of the molecule is CN(Cc1ccc2c(c1)OCCO2)Cc1cc([N+](=O)[O-])cc2c1OCOC2. The number of ether oxygens (including phenoxy) is 4. The molecule has 0 aliphatic carbocycles. The molecule has 0 aromatic heterocycles. The smallest absolute Gasteiger partial charge is 0.270 e. The highest BCUT2D eigenvalue weighted by atomic mass is 16.7. The van der Waals surface area contributed by atoms with E-state index in [-0.39, 0.29) is 17.4 Å². The molecule has 8 heteroatoms. The topological polar surface area (TPSA) is 83.3 Å². The van der Waals surface area contributed by atoms with Crippen LogP contribution in [0.1, 0.15) is 16.7 Å². The molecule has 2 aromatic rings. The highest BCUT2D eigenvalue weighted by molar-refractivity contribution is 5.50. The lowest BCUT2D eigenvalue weighted by Gasteiger charge is -2.24. The number of hydrogen-bond acceptors (Lipinski definition) is 7. The Morgan fingerprint density at radius 2 is 1.89 bits per heavy atom. The lowest BCUT2D eigenvalue weighted by atomic mass is 10.1. The summed E-state index contributed by atoms with van der Waals surface area (Å²) in [6, 6.07) is 8.96. The van der Waals surface area contributed by atoms with Gasteiger partial charge in [-0.05, 0) is 24.7 Å². The Morgan fingerprint density at radius 1 is 1.07 bits per heavy atom. The van der Waals surface area contributed by atoms with Gasteiger partial charge in [-0.2, -0.15) is 0 Å². The van der Waals surface area contributed by atoms with Crippen molar-refractivity contribution in [3.63, 3.8) is 0 Å². The maximum atomic E-state index is 11.2. The van der Waals surface area contributed by atoms with E-state index in [0.29, 0.717) is 44.2 Å². The summed E-state index contributed by atoms with van der Waals surface area (Å²) in [5.41, 5.74) is 2.61. The summed E-state index contributed by atoms with van der Waals surface area (Å²) in [5, 5.41) is 11.2. The van der Waals surface area contributed by atoms with Crippen molar-refractivity contribution < 1.29 is 23.9 Å². The molecule has 0 radical (unpaired) electrons. The van der Waals surface area contributed by atoms with Gasteiger partial charge in [0.1, 0.15) is 19.0 Å². The zero-order chi connectivity index (χ0) is 18.8. The molecule has 0 fully saturated rings. The van der Waals surface area contributed by atoms with E-state index in [1.807, 2.05) is 25.2 Å². The van der Waals surface area contributed by atoms with E-state index in [2.05, 4.69) is 4.90 Å². The Hall–Kier alpha value is -2.84. The fourth-order valence-corrected chi connectivity index (χ4v) is 3.35. The minimum absolute atomic E-state index is 0.0468. The second-order valence-corrected chi connectivity index (χ2v) is 6.61. The van der Waals surface area contributed by atoms with Crippen molar-refractivity contribution in [2.24, 2.45) is 0 Å². The van der Waals surface area contributed by atoms with Crippen LogP contribution in [0.4, 0.5) is 5.69 Å². The molecule has 27 heavy (non-hydrogen) atoms. The molecule has 0 amide bonds. The summed E-state index contributed by atoms with van der Waals surface area (Å²) in [5.74, 6) is 2.19. The highest BCUT2D eigenvalue weighted by Gasteiger charge is 2.22. The van der Waals surface area contributed by atoms with E-state index in [0.717, 1.165) is 22.6 Å². The van der Waals surface area contributed by atoms with Gasteiger partial charge in [-0.1, -0.05) is 6.07 Å². The predicted molar refractivity (Wildman–Crippen MR) is 96.0 cm³/mol. The molecule has 4 rings (SSSR count). The molecule has 8 nitrogen and oxygen atoms in total. The molecule has 0 bridgehead atoms. The van der Waals surface area contributed by atoms with E-state index >= 15 is 0 Å². The van der Waals surface area contributed by atoms with Gasteiger partial charge in [0.05, 0.1) is 11.5 Å². The van der Waals surface area contributed by atoms with Crippen LogP contribution in [-0.2, 0) is 24.4 Å². The summed E-state index contributed by atoms with van der Waals surface area (Å²) < 4.78 is 22.0. The van der Waals surface area contributed by atoms with Gasteiger partial charge in [-0.25, -0.2) is 0 Å². The number of hydrogen-bond donors (Lipinski definition) is 0. The normalized spacial score (nSPS) is 15.2. The van der Waals surface area contributed by atoms with Crippen molar-refractivity contribution in [2.75, 3.05) is 27.1 Å². The number of non-ortho nitro benzene ring substituents is 1. The predicted octanol–water partition coefficient (Wildman–Crippen LogP) is 2.86. The zero-order valence-electron chi connectivity index (χ0n) is 15.0. The number of rotatable bonds is 5. The van der Waals surface area contributed by atoms with Crippen LogP contribution in [-0.4, -0.2) is 36.9 Å². The zero-order valence-corrected chi connectivity index (χ0v) is 15.0. The molecule has 0 spiro atoms. The molecule has 0 saturated heterocycles. The van der Waals surface area contributed by atoms with Gasteiger partial charge >= 0.3 is 0 Å². The number of nitro groups is 1. The first-order valence-corrected chi connectivity index (χ1v) is 8.68. The molecule has 0 N–H and O–H groups in total. The third-order valence-corrected chi connectivity index (χ3v) is 4.48. The van der Waals surface area contributed by atoms with Crippen molar-refractivity contribution >= 4 is 5.69 Å². The van der Waals surface area contributed by atoms with Crippen molar-refractivity contribution in [1.29, 1.82) is 0 Å². The summed E-state index contributed by atoms with van der Waals surface area (Å²) in [4.78, 5) is 12.9. The number of benzene rings is 2. The summed E-state index contributed by atoms with van der Waals surface area (Å²) in [7, 11) is 1.96. The fraction of sp³-hybridized carbons (Fsp3) is 0.368. The third kappa shape index (κ3) is 3.81. The molecule has 142 valence electrons. The van der Waals surface area contributed by atoms with Crippen LogP contribution in [0.25, 0.3) is 0 Å². The first-order chi connectivity index (χ1) is 13.1. The standard InChI is InChI=1S/C19H20N2O6/c1-20(9-13-2-3-17-18(6-13)26-5-4-25-17)10-14-7-16(21(22)23)8-15-11-24-12-27-19(14)15/h2-3,6-8H,4-5,9-12H2,1H3. The van der Waals surface area contributed by atoms with Gasteiger partial charge in [-0.15, -0.1) is 0 Å². The van der Waals surface area contributed by atoms with Crippen LogP contribution in [0.2, 0.25) is 0 Å². The Morgan fingerprint density at radius 3 is 2.70 bits per heavy atom. The molecule has 2 aliphatic rings. The lowest BCUT2D eigenvalue weighted by molar-refractivity contribution is -0.385. The van der Waals surface area contributed by atoms with Gasteiger partial charge in [-0.3, -0.25) is 15.0 Å². The van der Waals surface area contributed by atoms with Gasteiger partial charge < -0.3 is 18.9 Å². The molecule has 2 aliphatic heterocycles. The lowest BCUT2D eigenvalue weighted by Crippen LogP contribution is -2.21. The van der Waals surface area contributed by atoms with Crippen LogP contribution < -0.4 is 14.2 Å². The van der Waals surface area contributed by atoms with Gasteiger partial charge in [0.25, 0.3) is 5.69 Å². The van der Waals surface area contributed by atoms with Gasteiger partial charge in [0.2, 0.25) is 0 Å². The van der Waals surface area contributed by atoms with E-state index in [1.165, 1.54) is 6.07 Å². The van der Waals surface area contributed by atoms with E-state index in [1.54, 1.807) is 6.07 Å². The first-order valence-electron chi connectivity index (χ1n) is 8.68. The highest BCUT2D eigenvalue weighted by Crippen LogP contribution is 2.34. The second kappa shape index (κ2) is 7.42. The van der Waals surface area contributed by atoms with E-state index < -0.39 is 0 Å². The third-order valence-electron chi connectivity index (χ3n) is 4.48. The van der Waals surface area contributed by atoms with Crippen molar-refractivity contribution in [3.8, 4) is 17.2 Å². The van der Waals surface area contributed by atoms with Gasteiger partial charge in [0.15, 0.2) is 18.3 Å². The minimum atomic E-state index is -0.390. The van der Waals surface area contributed by atoms with Crippen LogP contribution >= 0.6 is 0 Å². The van der Waals surface area contributed by atoms with Gasteiger partial charge in [0, 0.05) is 36.3 Å². The molecule has 0 atom stereocenters. The van der Waals surface area contributed by atoms with E-state index in [4.69, 9.17) is 18.9 Å². The van der Waals surface area contributed by atoms with Crippen LogP contribution in [0.15, 0.2) is 30.3 Å². The van der Waals surface area contributed by atoms with Crippen molar-refractivity contribution in [1.82, 2.24) is 4.90 Å². The second-order valence-electron chi connectivity index (χ2n) is 6.61. The minimum Gasteiger partial charge on any atom is -0.486 e. The fourth-order valence-electron chi connectivity index (χ4n) is 3.35. The Bertz CT molecular complexity index is 870. The molecule has 0 saturated carbocycles. The van der Waals surface area contributed by atoms with Crippen molar-refractivity contribution in [3.05, 3.63) is 57.1 Å². The maximum Gasteiger partial charge on any atom is 0.270 e. The number of fused-ring (bicyclic) bond motifs is 2.